The Hall–Kier alpha value is -0.160. The van der Waals surface area contributed by atoms with Gasteiger partial charge in [0.05, 0.1) is 4.58 Å². The average Bonchev–Trinajstić information content (AvgIpc) is 2.17. The minimum Gasteiger partial charge on any atom is -0.454 e. The third-order valence-electron chi connectivity index (χ3n) is 2.06. The standard InChI is InChI=1S/C10H16O3S2/c1-7(11)9(13-8(2)12)6-10-14-4-3-5-15-10/h9-10H,3-6H2,1-2H3. The summed E-state index contributed by atoms with van der Waals surface area (Å²) in [6.45, 7) is 2.82. The molecule has 1 atom stereocenters. The van der Waals surface area contributed by atoms with Crippen LogP contribution >= 0.6 is 23.5 Å². The van der Waals surface area contributed by atoms with E-state index >= 15 is 0 Å². The van der Waals surface area contributed by atoms with Gasteiger partial charge < -0.3 is 4.74 Å². The van der Waals surface area contributed by atoms with Crippen LogP contribution in [-0.2, 0) is 14.3 Å². The van der Waals surface area contributed by atoms with Crippen LogP contribution in [0, 0.1) is 0 Å². The maximum atomic E-state index is 11.3. The monoisotopic (exact) mass is 248 g/mol. The van der Waals surface area contributed by atoms with Crippen LogP contribution in [0.1, 0.15) is 26.7 Å². The highest BCUT2D eigenvalue weighted by molar-refractivity contribution is 8.17. The first kappa shape index (κ1) is 12.9. The molecule has 1 saturated heterocycles. The summed E-state index contributed by atoms with van der Waals surface area (Å²) < 4.78 is 5.39. The molecule has 3 nitrogen and oxygen atoms in total. The molecule has 0 aromatic carbocycles. The molecule has 0 aromatic rings. The van der Waals surface area contributed by atoms with Crippen LogP contribution in [0.25, 0.3) is 0 Å². The number of ketones is 1. The zero-order valence-corrected chi connectivity index (χ0v) is 10.7. The molecule has 1 fully saturated rings. The number of carbonyl (C=O) groups is 2. The lowest BCUT2D eigenvalue weighted by Crippen LogP contribution is -2.28. The van der Waals surface area contributed by atoms with Gasteiger partial charge in [-0.25, -0.2) is 0 Å². The van der Waals surface area contributed by atoms with Crippen LogP contribution < -0.4 is 0 Å². The highest BCUT2D eigenvalue weighted by atomic mass is 32.2. The number of ether oxygens (including phenoxy) is 1. The molecule has 0 N–H and O–H groups in total. The van der Waals surface area contributed by atoms with Crippen molar-refractivity contribution in [1.82, 2.24) is 0 Å². The van der Waals surface area contributed by atoms with Gasteiger partial charge in [-0.05, 0) is 24.9 Å². The van der Waals surface area contributed by atoms with Crippen molar-refractivity contribution in [3.8, 4) is 0 Å². The van der Waals surface area contributed by atoms with Crippen molar-refractivity contribution in [2.45, 2.75) is 37.4 Å². The maximum absolute atomic E-state index is 11.3. The van der Waals surface area contributed by atoms with E-state index in [9.17, 15) is 9.59 Å². The molecule has 0 aliphatic carbocycles. The summed E-state index contributed by atoms with van der Waals surface area (Å²) >= 11 is 3.71. The highest BCUT2D eigenvalue weighted by Gasteiger charge is 2.24. The fourth-order valence-electron chi connectivity index (χ4n) is 1.34. The quantitative estimate of drug-likeness (QED) is 0.713. The lowest BCUT2D eigenvalue weighted by atomic mass is 10.2. The predicted octanol–water partition coefficient (Wildman–Crippen LogP) is 2.09. The van der Waals surface area contributed by atoms with Gasteiger partial charge in [-0.1, -0.05) is 0 Å². The van der Waals surface area contributed by atoms with E-state index in [0.29, 0.717) is 11.0 Å². The minimum absolute atomic E-state index is 0.0584. The summed E-state index contributed by atoms with van der Waals surface area (Å²) in [6, 6.07) is 0. The largest absolute Gasteiger partial charge is 0.454 e. The van der Waals surface area contributed by atoms with Crippen molar-refractivity contribution < 1.29 is 14.3 Å². The van der Waals surface area contributed by atoms with Gasteiger partial charge >= 0.3 is 5.97 Å². The van der Waals surface area contributed by atoms with Crippen LogP contribution in [0.2, 0.25) is 0 Å². The Bertz CT molecular complexity index is 237. The second kappa shape index (κ2) is 6.43. The molecule has 0 radical (unpaired) electrons. The molecule has 1 aliphatic heterocycles. The van der Waals surface area contributed by atoms with Crippen molar-refractivity contribution in [2.75, 3.05) is 11.5 Å². The van der Waals surface area contributed by atoms with Crippen molar-refractivity contribution in [3.05, 3.63) is 0 Å². The third-order valence-corrected chi connectivity index (χ3v) is 5.06. The maximum Gasteiger partial charge on any atom is 0.303 e. The van der Waals surface area contributed by atoms with Crippen molar-refractivity contribution in [1.29, 1.82) is 0 Å². The topological polar surface area (TPSA) is 43.4 Å². The van der Waals surface area contributed by atoms with Gasteiger partial charge in [0.15, 0.2) is 11.9 Å². The Morgan fingerprint density at radius 3 is 2.40 bits per heavy atom. The van der Waals surface area contributed by atoms with Gasteiger partial charge in [0.25, 0.3) is 0 Å². The molecule has 86 valence electrons. The Morgan fingerprint density at radius 2 is 1.93 bits per heavy atom. The molecule has 1 heterocycles. The minimum atomic E-state index is -0.550. The smallest absolute Gasteiger partial charge is 0.303 e. The molecule has 1 aliphatic rings. The molecule has 5 heteroatoms. The summed E-state index contributed by atoms with van der Waals surface area (Å²) in [4.78, 5) is 22.1. The van der Waals surface area contributed by atoms with E-state index in [-0.39, 0.29) is 11.8 Å². The van der Waals surface area contributed by atoms with Crippen LogP contribution in [-0.4, -0.2) is 33.9 Å². The number of thioether (sulfide) groups is 2. The van der Waals surface area contributed by atoms with E-state index in [2.05, 4.69) is 0 Å². The lowest BCUT2D eigenvalue weighted by Gasteiger charge is -2.24. The molecule has 0 aromatic heterocycles. The van der Waals surface area contributed by atoms with Gasteiger partial charge in [0, 0.05) is 13.3 Å². The summed E-state index contributed by atoms with van der Waals surface area (Å²) in [5.74, 6) is 1.85. The molecular formula is C10H16O3S2. The number of hydrogen-bond donors (Lipinski definition) is 0. The first-order valence-corrected chi connectivity index (χ1v) is 7.10. The van der Waals surface area contributed by atoms with Gasteiger partial charge in [-0.15, -0.1) is 23.5 Å². The summed E-state index contributed by atoms with van der Waals surface area (Å²) in [5, 5.41) is 0. The summed E-state index contributed by atoms with van der Waals surface area (Å²) in [7, 11) is 0. The number of esters is 1. The van der Waals surface area contributed by atoms with Gasteiger partial charge in [0.1, 0.15) is 0 Å². The lowest BCUT2D eigenvalue weighted by molar-refractivity contribution is -0.152. The fraction of sp³-hybridized carbons (Fsp3) is 0.800. The van der Waals surface area contributed by atoms with Gasteiger partial charge in [-0.3, -0.25) is 9.59 Å². The summed E-state index contributed by atoms with van der Waals surface area (Å²) in [6.07, 6.45) is 1.32. The molecule has 15 heavy (non-hydrogen) atoms. The number of hydrogen-bond acceptors (Lipinski definition) is 5. The Morgan fingerprint density at radius 1 is 1.33 bits per heavy atom. The molecule has 0 spiro atoms. The Labute approximate surface area is 98.7 Å². The van der Waals surface area contributed by atoms with E-state index in [0.717, 1.165) is 11.5 Å². The predicted molar refractivity (Wildman–Crippen MR) is 64.2 cm³/mol. The second-order valence-corrected chi connectivity index (χ2v) is 6.39. The molecule has 1 unspecified atom stereocenters. The molecule has 0 saturated carbocycles. The third kappa shape index (κ3) is 4.93. The van der Waals surface area contributed by atoms with E-state index < -0.39 is 6.10 Å². The molecular weight excluding hydrogens is 232 g/mol. The zero-order chi connectivity index (χ0) is 11.3. The fourth-order valence-corrected chi connectivity index (χ4v) is 4.26. The van der Waals surface area contributed by atoms with Crippen LogP contribution in [0.5, 0.6) is 0 Å². The van der Waals surface area contributed by atoms with Crippen LogP contribution in [0.4, 0.5) is 0 Å². The van der Waals surface area contributed by atoms with E-state index in [1.54, 1.807) is 0 Å². The number of rotatable bonds is 4. The summed E-state index contributed by atoms with van der Waals surface area (Å²) in [5.41, 5.74) is 0. The number of carbonyl (C=O) groups excluding carboxylic acids is 2. The second-order valence-electron chi connectivity index (χ2n) is 3.47. The average molecular weight is 248 g/mol. The SMILES string of the molecule is CC(=O)OC(CC1SCCCS1)C(C)=O. The first-order valence-electron chi connectivity index (χ1n) is 5.00. The van der Waals surface area contributed by atoms with E-state index in [4.69, 9.17) is 4.74 Å². The molecule has 0 bridgehead atoms. The Balaban J connectivity index is 2.42. The van der Waals surface area contributed by atoms with Crippen molar-refractivity contribution >= 4 is 35.3 Å². The molecule has 0 amide bonds. The Kier molecular flexibility index (Phi) is 5.53. The number of Topliss-reactive ketones (excluding diaryl/α,β-unsaturated/α-hetero) is 1. The van der Waals surface area contributed by atoms with Crippen molar-refractivity contribution in [2.24, 2.45) is 0 Å². The first-order chi connectivity index (χ1) is 7.09. The van der Waals surface area contributed by atoms with Crippen molar-refractivity contribution in [3.63, 3.8) is 0 Å². The van der Waals surface area contributed by atoms with Gasteiger partial charge in [-0.2, -0.15) is 0 Å². The van der Waals surface area contributed by atoms with E-state index in [1.165, 1.54) is 20.3 Å². The molecule has 1 rings (SSSR count). The van der Waals surface area contributed by atoms with Gasteiger partial charge in [0.2, 0.25) is 0 Å². The zero-order valence-electron chi connectivity index (χ0n) is 9.02. The van der Waals surface area contributed by atoms with Crippen LogP contribution in [0.3, 0.4) is 0 Å². The highest BCUT2D eigenvalue weighted by Crippen LogP contribution is 2.34. The van der Waals surface area contributed by atoms with E-state index in [1.807, 2.05) is 23.5 Å². The van der Waals surface area contributed by atoms with Crippen LogP contribution in [0.15, 0.2) is 0 Å². The normalized spacial score (nSPS) is 19.6.